The second kappa shape index (κ2) is 10.2. The number of nitrogens with zero attached hydrogens (tertiary/aromatic N) is 1. The molecule has 1 aliphatic rings. The highest BCUT2D eigenvalue weighted by molar-refractivity contribution is 6.39. The molecule has 1 aliphatic heterocycles. The van der Waals surface area contributed by atoms with Crippen molar-refractivity contribution in [1.82, 2.24) is 5.32 Å². The van der Waals surface area contributed by atoms with Crippen LogP contribution in [0.4, 0.5) is 20.6 Å². The fourth-order valence-corrected chi connectivity index (χ4v) is 3.52. The zero-order chi connectivity index (χ0) is 25.8. The predicted octanol–water partition coefficient (Wildman–Crippen LogP) is 4.13. The minimum atomic E-state index is -0.840. The summed E-state index contributed by atoms with van der Waals surface area (Å²) in [5, 5.41) is 4.77. The zero-order valence-electron chi connectivity index (χ0n) is 19.5. The number of carbonyl (C=O) groups is 4. The van der Waals surface area contributed by atoms with Gasteiger partial charge in [-0.1, -0.05) is 24.3 Å². The number of halogens is 1. The molecule has 5 amide bonds. The summed E-state index contributed by atoms with van der Waals surface area (Å²) in [6.45, 7) is 3.39. The maximum atomic E-state index is 13.2. The number of imide groups is 2. The number of ether oxygens (including phenoxy) is 1. The van der Waals surface area contributed by atoms with Gasteiger partial charge in [-0.3, -0.25) is 19.7 Å². The van der Waals surface area contributed by atoms with Crippen LogP contribution in [0.5, 0.6) is 5.75 Å². The number of rotatable bonds is 6. The minimum absolute atomic E-state index is 0.245. The van der Waals surface area contributed by atoms with Crippen molar-refractivity contribution < 1.29 is 28.3 Å². The van der Waals surface area contributed by atoms with Crippen LogP contribution in [0.15, 0.2) is 72.3 Å². The van der Waals surface area contributed by atoms with Crippen LogP contribution in [0.2, 0.25) is 0 Å². The maximum absolute atomic E-state index is 13.2. The van der Waals surface area contributed by atoms with E-state index < -0.39 is 29.6 Å². The van der Waals surface area contributed by atoms with Crippen LogP contribution >= 0.6 is 0 Å². The van der Waals surface area contributed by atoms with E-state index in [-0.39, 0.29) is 17.9 Å². The average molecular weight is 487 g/mol. The molecular formula is C27H22FN3O5. The number of barbiturate groups is 1. The molecule has 2 N–H and O–H groups in total. The SMILES string of the molecule is Cc1ccc(N2C(=O)NC(=O)/C(=C/c3ccccc3OCC(=O)Nc3ccc(F)cc3)C2=O)cc1C. The van der Waals surface area contributed by atoms with Gasteiger partial charge in [0.1, 0.15) is 17.1 Å². The van der Waals surface area contributed by atoms with Crippen molar-refractivity contribution in [2.24, 2.45) is 0 Å². The predicted molar refractivity (Wildman–Crippen MR) is 132 cm³/mol. The van der Waals surface area contributed by atoms with E-state index >= 15 is 0 Å². The first-order valence-electron chi connectivity index (χ1n) is 11.0. The quantitative estimate of drug-likeness (QED) is 0.402. The molecule has 36 heavy (non-hydrogen) atoms. The van der Waals surface area contributed by atoms with Crippen LogP contribution in [0.3, 0.4) is 0 Å². The summed E-state index contributed by atoms with van der Waals surface area (Å²) in [6.07, 6.45) is 1.31. The molecule has 4 rings (SSSR count). The smallest absolute Gasteiger partial charge is 0.335 e. The Hall–Kier alpha value is -4.79. The molecule has 0 saturated carbocycles. The molecule has 0 aliphatic carbocycles. The van der Waals surface area contributed by atoms with Gasteiger partial charge in [0.15, 0.2) is 6.61 Å². The fourth-order valence-electron chi connectivity index (χ4n) is 3.52. The minimum Gasteiger partial charge on any atom is -0.483 e. The third-order valence-corrected chi connectivity index (χ3v) is 5.56. The van der Waals surface area contributed by atoms with Crippen molar-refractivity contribution >= 4 is 41.2 Å². The Morgan fingerprint density at radius 3 is 2.44 bits per heavy atom. The third-order valence-electron chi connectivity index (χ3n) is 5.56. The summed E-state index contributed by atoms with van der Waals surface area (Å²) in [6, 6.07) is 16.1. The molecule has 1 fully saturated rings. The third kappa shape index (κ3) is 5.30. The molecule has 0 radical (unpaired) electrons. The number of urea groups is 1. The van der Waals surface area contributed by atoms with Gasteiger partial charge in [-0.15, -0.1) is 0 Å². The maximum Gasteiger partial charge on any atom is 0.335 e. The number of benzene rings is 3. The summed E-state index contributed by atoms with van der Waals surface area (Å²) >= 11 is 0. The van der Waals surface area contributed by atoms with Crippen molar-refractivity contribution in [2.75, 3.05) is 16.8 Å². The zero-order valence-corrected chi connectivity index (χ0v) is 19.5. The molecule has 1 heterocycles. The Labute approximate surface area is 206 Å². The van der Waals surface area contributed by atoms with E-state index in [1.165, 1.54) is 30.3 Å². The Balaban J connectivity index is 1.55. The van der Waals surface area contributed by atoms with Gasteiger partial charge in [0.25, 0.3) is 17.7 Å². The highest BCUT2D eigenvalue weighted by Crippen LogP contribution is 2.26. The molecule has 9 heteroatoms. The van der Waals surface area contributed by atoms with E-state index in [1.54, 1.807) is 42.5 Å². The van der Waals surface area contributed by atoms with E-state index in [4.69, 9.17) is 4.74 Å². The van der Waals surface area contributed by atoms with Crippen LogP contribution in [-0.4, -0.2) is 30.4 Å². The standard InChI is InChI=1S/C27H22FN3O5/c1-16-7-12-21(13-17(16)2)31-26(34)22(25(33)30-27(31)35)14-18-5-3-4-6-23(18)36-15-24(32)29-20-10-8-19(28)9-11-20/h3-14H,15H2,1-2H3,(H,29,32)(H,30,33,35)/b22-14-. The first kappa shape index (κ1) is 24.3. The first-order chi connectivity index (χ1) is 17.2. The lowest BCUT2D eigenvalue weighted by Gasteiger charge is -2.27. The number of aryl methyl sites for hydroxylation is 2. The second-order valence-electron chi connectivity index (χ2n) is 8.11. The van der Waals surface area contributed by atoms with E-state index in [0.29, 0.717) is 16.9 Å². The summed E-state index contributed by atoms with van der Waals surface area (Å²) in [5.41, 5.74) is 2.71. The number of amides is 5. The molecule has 1 saturated heterocycles. The molecule has 0 spiro atoms. The molecule has 3 aromatic carbocycles. The van der Waals surface area contributed by atoms with Crippen LogP contribution < -0.4 is 20.3 Å². The van der Waals surface area contributed by atoms with Crippen LogP contribution in [0, 0.1) is 19.7 Å². The van der Waals surface area contributed by atoms with Gasteiger partial charge in [-0.25, -0.2) is 14.1 Å². The summed E-state index contributed by atoms with van der Waals surface area (Å²) in [4.78, 5) is 51.4. The Kier molecular flexibility index (Phi) is 6.91. The molecule has 0 bridgehead atoms. The summed E-state index contributed by atoms with van der Waals surface area (Å²) in [5.74, 6) is -2.29. The summed E-state index contributed by atoms with van der Waals surface area (Å²) in [7, 11) is 0. The van der Waals surface area contributed by atoms with Crippen molar-refractivity contribution in [3.63, 3.8) is 0 Å². The van der Waals surface area contributed by atoms with Crippen molar-refractivity contribution in [2.45, 2.75) is 13.8 Å². The highest BCUT2D eigenvalue weighted by Gasteiger charge is 2.37. The molecule has 0 atom stereocenters. The molecule has 0 aromatic heterocycles. The molecule has 3 aromatic rings. The Morgan fingerprint density at radius 2 is 1.72 bits per heavy atom. The van der Waals surface area contributed by atoms with Gasteiger partial charge in [0.05, 0.1) is 5.69 Å². The van der Waals surface area contributed by atoms with Crippen molar-refractivity contribution in [3.8, 4) is 5.75 Å². The largest absolute Gasteiger partial charge is 0.483 e. The van der Waals surface area contributed by atoms with Gasteiger partial charge in [-0.05, 0) is 73.5 Å². The van der Waals surface area contributed by atoms with Crippen LogP contribution in [-0.2, 0) is 14.4 Å². The van der Waals surface area contributed by atoms with E-state index in [0.717, 1.165) is 16.0 Å². The van der Waals surface area contributed by atoms with E-state index in [9.17, 15) is 23.6 Å². The fraction of sp³-hybridized carbons (Fsp3) is 0.111. The van der Waals surface area contributed by atoms with Crippen LogP contribution in [0.1, 0.15) is 16.7 Å². The number of nitrogens with one attached hydrogen (secondary N) is 2. The van der Waals surface area contributed by atoms with E-state index in [2.05, 4.69) is 10.6 Å². The average Bonchev–Trinajstić information content (AvgIpc) is 2.84. The molecule has 8 nitrogen and oxygen atoms in total. The normalized spacial score (nSPS) is 14.6. The topological polar surface area (TPSA) is 105 Å². The number of para-hydroxylation sites is 1. The van der Waals surface area contributed by atoms with Gasteiger partial charge in [0, 0.05) is 11.3 Å². The van der Waals surface area contributed by atoms with E-state index in [1.807, 2.05) is 13.8 Å². The highest BCUT2D eigenvalue weighted by atomic mass is 19.1. The van der Waals surface area contributed by atoms with Crippen molar-refractivity contribution in [3.05, 3.63) is 94.8 Å². The lowest BCUT2D eigenvalue weighted by Crippen LogP contribution is -2.54. The molecular weight excluding hydrogens is 465 g/mol. The van der Waals surface area contributed by atoms with Crippen molar-refractivity contribution in [1.29, 1.82) is 0 Å². The number of hydrogen-bond donors (Lipinski definition) is 2. The molecule has 0 unspecified atom stereocenters. The lowest BCUT2D eigenvalue weighted by molar-refractivity contribution is -0.122. The van der Waals surface area contributed by atoms with Gasteiger partial charge >= 0.3 is 6.03 Å². The Bertz CT molecular complexity index is 1400. The number of carbonyl (C=O) groups excluding carboxylic acids is 4. The van der Waals surface area contributed by atoms with Gasteiger partial charge in [-0.2, -0.15) is 0 Å². The monoisotopic (exact) mass is 487 g/mol. The summed E-state index contributed by atoms with van der Waals surface area (Å²) < 4.78 is 18.7. The molecule has 182 valence electrons. The van der Waals surface area contributed by atoms with Gasteiger partial charge < -0.3 is 10.1 Å². The first-order valence-corrected chi connectivity index (χ1v) is 11.0. The number of hydrogen-bond acceptors (Lipinski definition) is 5. The van der Waals surface area contributed by atoms with Gasteiger partial charge in [0.2, 0.25) is 0 Å². The Morgan fingerprint density at radius 1 is 1.00 bits per heavy atom. The van der Waals surface area contributed by atoms with Crippen LogP contribution in [0.25, 0.3) is 6.08 Å². The lowest BCUT2D eigenvalue weighted by atomic mass is 10.0. The second-order valence-corrected chi connectivity index (χ2v) is 8.11. The number of anilines is 2.